The molecular weight excluding hydrogens is 446 g/mol. The van der Waals surface area contributed by atoms with Crippen molar-refractivity contribution in [3.05, 3.63) is 101 Å². The lowest BCUT2D eigenvalue weighted by Crippen LogP contribution is -2.25. The summed E-state index contributed by atoms with van der Waals surface area (Å²) in [4.78, 5) is 49.3. The van der Waals surface area contributed by atoms with E-state index in [1.807, 2.05) is 4.98 Å². The third-order valence-electron chi connectivity index (χ3n) is 3.72. The van der Waals surface area contributed by atoms with Gasteiger partial charge in [0.2, 0.25) is 0 Å². The summed E-state index contributed by atoms with van der Waals surface area (Å²) < 4.78 is 6.04. The number of ether oxygens (including phenoxy) is 1. The Hall–Kier alpha value is -3.79. The number of nitrogens with one attached hydrogen (secondary N) is 2. The quantitative estimate of drug-likeness (QED) is 0.261. The molecule has 0 atom stereocenters. The maximum atomic E-state index is 12.1. The van der Waals surface area contributed by atoms with Gasteiger partial charge in [0, 0.05) is 4.47 Å². The molecule has 0 unspecified atom stereocenters. The highest BCUT2D eigenvalue weighted by Crippen LogP contribution is 2.18. The van der Waals surface area contributed by atoms with Crippen molar-refractivity contribution in [1.29, 1.82) is 0 Å². The van der Waals surface area contributed by atoms with Gasteiger partial charge in [-0.3, -0.25) is 19.9 Å². The van der Waals surface area contributed by atoms with Gasteiger partial charge >= 0.3 is 22.9 Å². The average Bonchev–Trinajstić information content (AvgIpc) is 2.66. The Morgan fingerprint density at radius 1 is 1.07 bits per heavy atom. The van der Waals surface area contributed by atoms with Crippen molar-refractivity contribution in [3.63, 3.8) is 0 Å². The molecule has 1 aromatic heterocycles. The number of nitrogens with zero attached hydrogens (tertiary/aromatic N) is 1. The minimum absolute atomic E-state index is 0.228. The van der Waals surface area contributed by atoms with Crippen LogP contribution in [0.25, 0.3) is 12.2 Å². The summed E-state index contributed by atoms with van der Waals surface area (Å²) in [6.45, 7) is 0. The third-order valence-corrected chi connectivity index (χ3v) is 4.21. The maximum absolute atomic E-state index is 12.1. The largest absolute Gasteiger partial charge is 0.423 e. The molecule has 0 aliphatic rings. The summed E-state index contributed by atoms with van der Waals surface area (Å²) >= 11 is 3.28. The van der Waals surface area contributed by atoms with Gasteiger partial charge in [0.15, 0.2) is 0 Å². The van der Waals surface area contributed by atoms with Crippen LogP contribution in [0.2, 0.25) is 0 Å². The zero-order valence-corrected chi connectivity index (χ0v) is 16.1. The number of halogens is 1. The molecule has 0 spiro atoms. The average molecular weight is 458 g/mol. The summed E-state index contributed by atoms with van der Waals surface area (Å²) in [5.74, 6) is -0.214. The summed E-state index contributed by atoms with van der Waals surface area (Å²) in [6.07, 6.45) is 2.72. The van der Waals surface area contributed by atoms with Crippen LogP contribution in [0.3, 0.4) is 0 Å². The van der Waals surface area contributed by atoms with Crippen molar-refractivity contribution in [3.8, 4) is 5.75 Å². The molecule has 29 heavy (non-hydrogen) atoms. The highest BCUT2D eigenvalue weighted by Gasteiger charge is 2.18. The number of hydrogen-bond acceptors (Lipinski definition) is 6. The molecule has 146 valence electrons. The molecule has 3 rings (SSSR count). The molecule has 0 aliphatic carbocycles. The normalized spacial score (nSPS) is 10.8. The van der Waals surface area contributed by atoms with E-state index in [0.717, 1.165) is 4.47 Å². The number of aromatic amines is 2. The number of aromatic nitrogens is 2. The topological polar surface area (TPSA) is 135 Å². The first-order chi connectivity index (χ1) is 13.8. The second kappa shape index (κ2) is 8.48. The number of rotatable bonds is 5. The maximum Gasteiger partial charge on any atom is 0.357 e. The molecule has 0 aliphatic heterocycles. The van der Waals surface area contributed by atoms with E-state index in [9.17, 15) is 24.5 Å². The van der Waals surface area contributed by atoms with Crippen LogP contribution in [0.5, 0.6) is 5.75 Å². The summed E-state index contributed by atoms with van der Waals surface area (Å²) in [5, 5.41) is 11.0. The molecular formula is C19H12BrN3O6. The van der Waals surface area contributed by atoms with Crippen LogP contribution >= 0.6 is 15.9 Å². The van der Waals surface area contributed by atoms with Crippen molar-refractivity contribution >= 4 is 39.7 Å². The van der Waals surface area contributed by atoms with Crippen molar-refractivity contribution in [2.75, 3.05) is 0 Å². The Kier molecular flexibility index (Phi) is 5.84. The Morgan fingerprint density at radius 2 is 1.79 bits per heavy atom. The second-order valence-electron chi connectivity index (χ2n) is 5.73. The van der Waals surface area contributed by atoms with Gasteiger partial charge in [-0.2, -0.15) is 0 Å². The first-order valence-corrected chi connectivity index (χ1v) is 8.89. The molecule has 0 saturated carbocycles. The molecule has 0 radical (unpaired) electrons. The predicted molar refractivity (Wildman–Crippen MR) is 109 cm³/mol. The highest BCUT2D eigenvalue weighted by molar-refractivity contribution is 9.10. The van der Waals surface area contributed by atoms with Gasteiger partial charge in [-0.05, 0) is 42.0 Å². The highest BCUT2D eigenvalue weighted by atomic mass is 79.9. The van der Waals surface area contributed by atoms with Gasteiger partial charge in [0.1, 0.15) is 11.4 Å². The van der Waals surface area contributed by atoms with Crippen molar-refractivity contribution < 1.29 is 14.5 Å². The van der Waals surface area contributed by atoms with E-state index in [1.165, 1.54) is 12.2 Å². The van der Waals surface area contributed by atoms with Gasteiger partial charge < -0.3 is 9.72 Å². The van der Waals surface area contributed by atoms with Crippen LogP contribution in [0, 0.1) is 10.1 Å². The zero-order chi connectivity index (χ0) is 21.0. The fraction of sp³-hybridized carbons (Fsp3) is 0. The number of H-pyrrole nitrogens is 2. The molecule has 2 aromatic carbocycles. The first kappa shape index (κ1) is 20.0. The Labute approximate surface area is 171 Å². The van der Waals surface area contributed by atoms with Crippen LogP contribution in [-0.4, -0.2) is 20.9 Å². The minimum atomic E-state index is -1.09. The number of carbonyl (C=O) groups is 1. The van der Waals surface area contributed by atoms with Gasteiger partial charge in [-0.15, -0.1) is 0 Å². The van der Waals surface area contributed by atoms with Gasteiger partial charge in [0.25, 0.3) is 0 Å². The number of esters is 1. The van der Waals surface area contributed by atoms with E-state index >= 15 is 0 Å². The third kappa shape index (κ3) is 4.93. The van der Waals surface area contributed by atoms with E-state index in [4.69, 9.17) is 4.74 Å². The predicted octanol–water partition coefficient (Wildman–Crippen LogP) is 3.12. The van der Waals surface area contributed by atoms with E-state index in [1.54, 1.807) is 48.5 Å². The van der Waals surface area contributed by atoms with E-state index in [-0.39, 0.29) is 5.69 Å². The molecule has 9 nitrogen and oxygen atoms in total. The van der Waals surface area contributed by atoms with Crippen LogP contribution in [0.1, 0.15) is 21.6 Å². The number of hydrogen-bond donors (Lipinski definition) is 2. The van der Waals surface area contributed by atoms with Gasteiger partial charge in [-0.1, -0.05) is 40.2 Å². The summed E-state index contributed by atoms with van der Waals surface area (Å²) in [6, 6.07) is 13.1. The zero-order valence-electron chi connectivity index (χ0n) is 14.5. The fourth-order valence-corrected chi connectivity index (χ4v) is 2.81. The number of nitro groups is 1. The lowest BCUT2D eigenvalue weighted by atomic mass is 10.2. The Bertz CT molecular complexity index is 1230. The Morgan fingerprint density at radius 3 is 2.45 bits per heavy atom. The molecule has 0 saturated heterocycles. The van der Waals surface area contributed by atoms with Crippen molar-refractivity contribution in [2.45, 2.75) is 0 Å². The van der Waals surface area contributed by atoms with Gasteiger partial charge in [0.05, 0.1) is 10.5 Å². The molecule has 2 N–H and O–H groups in total. The molecule has 0 amide bonds. The van der Waals surface area contributed by atoms with Crippen LogP contribution in [0.15, 0.2) is 62.6 Å². The van der Waals surface area contributed by atoms with E-state index in [0.29, 0.717) is 16.9 Å². The Balaban J connectivity index is 1.78. The molecule has 0 bridgehead atoms. The van der Waals surface area contributed by atoms with Crippen LogP contribution < -0.4 is 16.0 Å². The molecule has 3 aromatic rings. The second-order valence-corrected chi connectivity index (χ2v) is 6.65. The van der Waals surface area contributed by atoms with E-state index in [2.05, 4.69) is 20.9 Å². The molecule has 10 heteroatoms. The summed E-state index contributed by atoms with van der Waals surface area (Å²) in [7, 11) is 0. The first-order valence-electron chi connectivity index (χ1n) is 8.10. The SMILES string of the molecule is O=C(Oc1ccc(/C=C/c2[nH]c(=O)[nH]c(=O)c2[N+](=O)[O-])cc1)c1cccc(Br)c1. The lowest BCUT2D eigenvalue weighted by Gasteiger charge is -2.05. The van der Waals surface area contributed by atoms with Gasteiger partial charge in [-0.25, -0.2) is 9.59 Å². The molecule has 1 heterocycles. The fourth-order valence-electron chi connectivity index (χ4n) is 2.41. The number of carbonyl (C=O) groups excluding carboxylic acids is 1. The smallest absolute Gasteiger partial charge is 0.357 e. The monoisotopic (exact) mass is 457 g/mol. The lowest BCUT2D eigenvalue weighted by molar-refractivity contribution is -0.386. The standard InChI is InChI=1S/C19H12BrN3O6/c20-13-3-1-2-12(10-13)18(25)29-14-7-4-11(5-8-14)6-9-15-16(23(27)28)17(24)22-19(26)21-15/h1-10H,(H2,21,22,24,26)/b9-6+. The van der Waals surface area contributed by atoms with Crippen molar-refractivity contribution in [1.82, 2.24) is 9.97 Å². The number of benzene rings is 2. The summed E-state index contributed by atoms with van der Waals surface area (Å²) in [5.41, 5.74) is -1.95. The molecule has 0 fully saturated rings. The van der Waals surface area contributed by atoms with Crippen LogP contribution in [-0.2, 0) is 0 Å². The van der Waals surface area contributed by atoms with Crippen LogP contribution in [0.4, 0.5) is 5.69 Å². The van der Waals surface area contributed by atoms with Crippen molar-refractivity contribution in [2.24, 2.45) is 0 Å². The minimum Gasteiger partial charge on any atom is -0.423 e. The van der Waals surface area contributed by atoms with E-state index < -0.39 is 27.8 Å².